The summed E-state index contributed by atoms with van der Waals surface area (Å²) in [7, 11) is 0. The summed E-state index contributed by atoms with van der Waals surface area (Å²) in [5.74, 6) is -0.408. The number of nitrogens with zero attached hydrogens (tertiary/aromatic N) is 4. The molecule has 0 spiro atoms. The normalized spacial score (nSPS) is 16.9. The third-order valence-corrected chi connectivity index (χ3v) is 7.27. The minimum absolute atomic E-state index is 0.543. The zero-order valence-electron chi connectivity index (χ0n) is 18.4. The van der Waals surface area contributed by atoms with Gasteiger partial charge in [-0.05, 0) is 43.9 Å². The number of hydrogen-bond donors (Lipinski definition) is 1. The number of carboxylic acid groups (broad SMARTS) is 1. The van der Waals surface area contributed by atoms with Crippen LogP contribution in [-0.2, 0) is 4.79 Å². The van der Waals surface area contributed by atoms with Gasteiger partial charge in [0, 0.05) is 21.0 Å². The Morgan fingerprint density at radius 1 is 1.16 bits per heavy atom. The van der Waals surface area contributed by atoms with E-state index in [-0.39, 0.29) is 0 Å². The fourth-order valence-electron chi connectivity index (χ4n) is 4.16. The van der Waals surface area contributed by atoms with E-state index in [1.807, 2.05) is 56.5 Å². The highest BCUT2D eigenvalue weighted by molar-refractivity contribution is 7.15. The van der Waals surface area contributed by atoms with Gasteiger partial charge < -0.3 is 5.11 Å². The van der Waals surface area contributed by atoms with E-state index in [9.17, 15) is 9.90 Å². The smallest absolute Gasteiger partial charge is 0.309 e. The van der Waals surface area contributed by atoms with Crippen LogP contribution in [0.1, 0.15) is 60.0 Å². The van der Waals surface area contributed by atoms with E-state index in [2.05, 4.69) is 24.0 Å². The van der Waals surface area contributed by atoms with Gasteiger partial charge in [0.05, 0.1) is 11.6 Å². The summed E-state index contributed by atoms with van der Waals surface area (Å²) in [6.07, 6.45) is 0. The molecule has 0 fully saturated rings. The van der Waals surface area contributed by atoms with Crippen molar-refractivity contribution in [2.75, 3.05) is 0 Å². The number of aliphatic imine (C=N–C) groups is 1. The quantitative estimate of drug-likeness (QED) is 0.560. The molecular weight excluding hydrogens is 432 g/mol. The van der Waals surface area contributed by atoms with Gasteiger partial charge in [0.1, 0.15) is 16.9 Å². The molecule has 1 aromatic carbocycles. The van der Waals surface area contributed by atoms with E-state index in [0.717, 1.165) is 27.4 Å². The first-order valence-electron chi connectivity index (χ1n) is 10.1. The minimum atomic E-state index is -0.901. The standard InChI is InChI=1S/C23H25ClN4O2S/c1-11-12(2)31-21-16(11)18(14-7-9-15(24)10-8-14)25-19(17(22(29)30)23(4,5)6)20-27-26-13(3)28(20)21/h7-10,17,19H,1-6H3,(H,29,30)/t17-,19?/m0/s1. The number of aromatic nitrogens is 3. The molecule has 3 aromatic rings. The van der Waals surface area contributed by atoms with Gasteiger partial charge in [-0.1, -0.05) is 44.5 Å². The summed E-state index contributed by atoms with van der Waals surface area (Å²) >= 11 is 7.79. The van der Waals surface area contributed by atoms with Crippen molar-refractivity contribution in [3.05, 3.63) is 62.5 Å². The lowest BCUT2D eigenvalue weighted by Gasteiger charge is -2.31. The van der Waals surface area contributed by atoms with Gasteiger partial charge in [0.2, 0.25) is 0 Å². The van der Waals surface area contributed by atoms with Crippen molar-refractivity contribution < 1.29 is 9.90 Å². The second-order valence-electron chi connectivity index (χ2n) is 9.02. The van der Waals surface area contributed by atoms with E-state index in [1.165, 1.54) is 4.88 Å². The fraction of sp³-hybridized carbons (Fsp3) is 0.391. The van der Waals surface area contributed by atoms with Gasteiger partial charge in [-0.25, -0.2) is 0 Å². The third-order valence-electron chi connectivity index (χ3n) is 5.82. The summed E-state index contributed by atoms with van der Waals surface area (Å²) in [6.45, 7) is 11.8. The number of aliphatic carboxylic acids is 1. The Hall–Kier alpha value is -2.51. The van der Waals surface area contributed by atoms with Crippen LogP contribution in [0.3, 0.4) is 0 Å². The van der Waals surface area contributed by atoms with Crippen molar-refractivity contribution in [3.8, 4) is 5.00 Å². The molecule has 8 heteroatoms. The molecule has 1 aliphatic heterocycles. The summed E-state index contributed by atoms with van der Waals surface area (Å²) in [6, 6.07) is 6.83. The SMILES string of the molecule is Cc1sc2c(c1C)C(c1ccc(Cl)cc1)=NC([C@@H](C(=O)O)C(C)(C)C)c1nnc(C)n1-2. The summed E-state index contributed by atoms with van der Waals surface area (Å²) in [4.78, 5) is 18.7. The van der Waals surface area contributed by atoms with E-state index < -0.39 is 23.3 Å². The van der Waals surface area contributed by atoms with E-state index in [4.69, 9.17) is 16.6 Å². The molecule has 1 N–H and O–H groups in total. The molecule has 0 amide bonds. The van der Waals surface area contributed by atoms with Crippen LogP contribution in [-0.4, -0.2) is 31.6 Å². The molecule has 1 unspecified atom stereocenters. The zero-order chi connectivity index (χ0) is 22.7. The van der Waals surface area contributed by atoms with Crippen LogP contribution >= 0.6 is 22.9 Å². The van der Waals surface area contributed by atoms with Crippen LogP contribution in [0.2, 0.25) is 5.02 Å². The summed E-state index contributed by atoms with van der Waals surface area (Å²) in [5.41, 5.74) is 3.23. The molecule has 0 radical (unpaired) electrons. The Morgan fingerprint density at radius 2 is 1.81 bits per heavy atom. The van der Waals surface area contributed by atoms with Crippen molar-refractivity contribution >= 4 is 34.6 Å². The average molecular weight is 457 g/mol. The van der Waals surface area contributed by atoms with Gasteiger partial charge in [0.25, 0.3) is 0 Å². The molecule has 31 heavy (non-hydrogen) atoms. The molecule has 1 aliphatic rings. The van der Waals surface area contributed by atoms with Crippen LogP contribution in [0.4, 0.5) is 0 Å². The summed E-state index contributed by atoms with van der Waals surface area (Å²) in [5, 5.41) is 20.5. The van der Waals surface area contributed by atoms with E-state index >= 15 is 0 Å². The number of aryl methyl sites for hydroxylation is 2. The first-order chi connectivity index (χ1) is 14.5. The second-order valence-corrected chi connectivity index (χ2v) is 10.7. The van der Waals surface area contributed by atoms with Crippen molar-refractivity contribution in [3.63, 3.8) is 0 Å². The van der Waals surface area contributed by atoms with Crippen molar-refractivity contribution in [2.24, 2.45) is 16.3 Å². The number of carbonyl (C=O) groups is 1. The highest BCUT2D eigenvalue weighted by Crippen LogP contribution is 2.44. The van der Waals surface area contributed by atoms with Crippen LogP contribution in [0.15, 0.2) is 29.3 Å². The Morgan fingerprint density at radius 3 is 2.39 bits per heavy atom. The predicted octanol–water partition coefficient (Wildman–Crippen LogP) is 5.55. The molecule has 0 saturated carbocycles. The minimum Gasteiger partial charge on any atom is -0.481 e. The summed E-state index contributed by atoms with van der Waals surface area (Å²) < 4.78 is 1.98. The third kappa shape index (κ3) is 3.59. The molecule has 0 aliphatic carbocycles. The molecule has 3 heterocycles. The molecule has 2 aromatic heterocycles. The average Bonchev–Trinajstić information content (AvgIpc) is 3.13. The number of carboxylic acids is 1. The van der Waals surface area contributed by atoms with Crippen LogP contribution < -0.4 is 0 Å². The number of thiophene rings is 1. The van der Waals surface area contributed by atoms with Gasteiger partial charge in [-0.3, -0.25) is 14.4 Å². The molecule has 0 bridgehead atoms. The number of rotatable bonds is 3. The van der Waals surface area contributed by atoms with Crippen LogP contribution in [0.25, 0.3) is 5.00 Å². The Bertz CT molecular complexity index is 1200. The van der Waals surface area contributed by atoms with E-state index in [1.54, 1.807) is 11.3 Å². The molecule has 0 saturated heterocycles. The molecule has 4 rings (SSSR count). The highest BCUT2D eigenvalue weighted by atomic mass is 35.5. The Balaban J connectivity index is 2.09. The van der Waals surface area contributed by atoms with Gasteiger partial charge in [-0.2, -0.15) is 0 Å². The van der Waals surface area contributed by atoms with Crippen LogP contribution in [0.5, 0.6) is 0 Å². The lowest BCUT2D eigenvalue weighted by Crippen LogP contribution is -2.34. The number of hydrogen-bond acceptors (Lipinski definition) is 5. The fourth-order valence-corrected chi connectivity index (χ4v) is 5.50. The predicted molar refractivity (Wildman–Crippen MR) is 124 cm³/mol. The van der Waals surface area contributed by atoms with Gasteiger partial charge in [0.15, 0.2) is 5.82 Å². The molecule has 6 nitrogen and oxygen atoms in total. The first-order valence-corrected chi connectivity index (χ1v) is 11.3. The maximum atomic E-state index is 12.5. The highest BCUT2D eigenvalue weighted by Gasteiger charge is 2.44. The maximum absolute atomic E-state index is 12.5. The van der Waals surface area contributed by atoms with Crippen LogP contribution in [0, 0.1) is 32.1 Å². The lowest BCUT2D eigenvalue weighted by atomic mass is 9.76. The molecule has 2 atom stereocenters. The second kappa shape index (κ2) is 7.57. The van der Waals surface area contributed by atoms with Crippen molar-refractivity contribution in [1.82, 2.24) is 14.8 Å². The number of benzene rings is 1. The monoisotopic (exact) mass is 456 g/mol. The van der Waals surface area contributed by atoms with Gasteiger partial charge >= 0.3 is 5.97 Å². The molecular formula is C23H25ClN4O2S. The number of halogens is 1. The first kappa shape index (κ1) is 21.7. The van der Waals surface area contributed by atoms with Gasteiger partial charge in [-0.15, -0.1) is 21.5 Å². The molecule has 162 valence electrons. The maximum Gasteiger partial charge on any atom is 0.309 e. The van der Waals surface area contributed by atoms with Crippen molar-refractivity contribution in [2.45, 2.75) is 47.6 Å². The number of fused-ring (bicyclic) bond motifs is 3. The Labute approximate surface area is 190 Å². The van der Waals surface area contributed by atoms with E-state index in [0.29, 0.717) is 16.7 Å². The lowest BCUT2D eigenvalue weighted by molar-refractivity contribution is -0.146. The van der Waals surface area contributed by atoms with Crippen molar-refractivity contribution in [1.29, 1.82) is 0 Å². The topological polar surface area (TPSA) is 80.4 Å². The Kier molecular flexibility index (Phi) is 5.30. The zero-order valence-corrected chi connectivity index (χ0v) is 20.0. The largest absolute Gasteiger partial charge is 0.481 e.